The van der Waals surface area contributed by atoms with Crippen molar-refractivity contribution in [1.82, 2.24) is 15.2 Å². The van der Waals surface area contributed by atoms with Crippen LogP contribution in [-0.4, -0.2) is 42.1 Å². The number of aromatic nitrogens is 1. The van der Waals surface area contributed by atoms with Crippen LogP contribution in [0.4, 0.5) is 9.80 Å². The number of rotatable bonds is 4. The number of urea groups is 1. The van der Waals surface area contributed by atoms with Crippen LogP contribution in [0.3, 0.4) is 0 Å². The summed E-state index contributed by atoms with van der Waals surface area (Å²) in [5.74, 6) is 0. The minimum Gasteiger partial charge on any atom is -0.330 e. The molecule has 1 aliphatic heterocycles. The zero-order chi connectivity index (χ0) is 21.5. The van der Waals surface area contributed by atoms with E-state index in [0.717, 1.165) is 47.7 Å². The van der Waals surface area contributed by atoms with Crippen molar-refractivity contribution in [3.8, 4) is 10.4 Å². The molecule has 2 amide bonds. The molecular weight excluding hydrogens is 404 g/mol. The van der Waals surface area contributed by atoms with Crippen LogP contribution < -0.4 is 10.2 Å². The number of nitrogens with zero attached hydrogens (tertiary/aromatic N) is 3. The Bertz CT molecular complexity index is 1060. The largest absolute Gasteiger partial charge is 0.330 e. The molecule has 160 valence electrons. The van der Waals surface area contributed by atoms with Crippen LogP contribution in [0, 0.1) is 0 Å². The van der Waals surface area contributed by atoms with E-state index in [1.807, 2.05) is 17.0 Å². The molecule has 1 aromatic carbocycles. The van der Waals surface area contributed by atoms with Crippen LogP contribution in [0.2, 0.25) is 0 Å². The molecule has 6 heteroatoms. The summed E-state index contributed by atoms with van der Waals surface area (Å²) < 4.78 is 0. The molecule has 1 aliphatic carbocycles. The first-order valence-electron chi connectivity index (χ1n) is 10.8. The zero-order valence-corrected chi connectivity index (χ0v) is 18.9. The molecule has 2 fully saturated rings. The predicted molar refractivity (Wildman–Crippen MR) is 126 cm³/mol. The number of anilines is 1. The summed E-state index contributed by atoms with van der Waals surface area (Å²) in [5.41, 5.74) is 2.39. The van der Waals surface area contributed by atoms with Gasteiger partial charge in [0.05, 0.1) is 17.1 Å². The summed E-state index contributed by atoms with van der Waals surface area (Å²) in [6, 6.07) is 19.0. The summed E-state index contributed by atoms with van der Waals surface area (Å²) in [5, 5.41) is 4.37. The lowest BCUT2D eigenvalue weighted by Crippen LogP contribution is -2.54. The highest BCUT2D eigenvalue weighted by molar-refractivity contribution is 7.19. The highest BCUT2D eigenvalue weighted by Gasteiger charge is 2.50. The first-order valence-corrected chi connectivity index (χ1v) is 11.7. The van der Waals surface area contributed by atoms with E-state index in [9.17, 15) is 4.79 Å². The van der Waals surface area contributed by atoms with Crippen LogP contribution in [0.5, 0.6) is 0 Å². The Morgan fingerprint density at radius 1 is 0.968 bits per heavy atom. The van der Waals surface area contributed by atoms with Crippen molar-refractivity contribution in [2.24, 2.45) is 0 Å². The lowest BCUT2D eigenvalue weighted by Gasteiger charge is -2.48. The van der Waals surface area contributed by atoms with E-state index in [0.29, 0.717) is 0 Å². The number of benzene rings is 1. The van der Waals surface area contributed by atoms with Gasteiger partial charge in [0.25, 0.3) is 0 Å². The van der Waals surface area contributed by atoms with E-state index in [1.54, 1.807) is 23.7 Å². The number of pyridine rings is 1. The van der Waals surface area contributed by atoms with E-state index < -0.39 is 0 Å². The molecule has 0 radical (unpaired) electrons. The topological polar surface area (TPSA) is 48.5 Å². The first kappa shape index (κ1) is 20.2. The van der Waals surface area contributed by atoms with Crippen molar-refractivity contribution in [3.63, 3.8) is 0 Å². The fourth-order valence-electron chi connectivity index (χ4n) is 5.20. The van der Waals surface area contributed by atoms with Gasteiger partial charge in [-0.05, 0) is 75.2 Å². The van der Waals surface area contributed by atoms with Gasteiger partial charge in [-0.25, -0.2) is 4.79 Å². The van der Waals surface area contributed by atoms with Crippen LogP contribution in [0.15, 0.2) is 67.0 Å². The van der Waals surface area contributed by atoms with Gasteiger partial charge in [-0.1, -0.05) is 30.3 Å². The van der Waals surface area contributed by atoms with E-state index >= 15 is 0 Å². The number of nitrogens with one attached hydrogen (secondary N) is 1. The monoisotopic (exact) mass is 432 g/mol. The second-order valence-corrected chi connectivity index (χ2v) is 10.0. The average Bonchev–Trinajstić information content (AvgIpc) is 3.40. The lowest BCUT2D eigenvalue weighted by atomic mass is 9.69. The van der Waals surface area contributed by atoms with Gasteiger partial charge in [-0.3, -0.25) is 14.8 Å². The quantitative estimate of drug-likeness (QED) is 0.623. The number of hydrogen-bond donors (Lipinski definition) is 1. The summed E-state index contributed by atoms with van der Waals surface area (Å²) in [6.07, 6.45) is 7.63. The zero-order valence-electron chi connectivity index (χ0n) is 18.0. The molecule has 0 atom stereocenters. The van der Waals surface area contributed by atoms with Gasteiger partial charge in [0.2, 0.25) is 0 Å². The lowest BCUT2D eigenvalue weighted by molar-refractivity contribution is 0.0658. The summed E-state index contributed by atoms with van der Waals surface area (Å²) in [7, 11) is 4.35. The molecule has 1 saturated heterocycles. The van der Waals surface area contributed by atoms with Gasteiger partial charge in [-0.15, -0.1) is 11.3 Å². The Morgan fingerprint density at radius 2 is 1.68 bits per heavy atom. The Hall–Kier alpha value is -2.70. The fourth-order valence-corrected chi connectivity index (χ4v) is 6.21. The highest BCUT2D eigenvalue weighted by Crippen LogP contribution is 2.47. The summed E-state index contributed by atoms with van der Waals surface area (Å²) in [4.78, 5) is 22.5. The normalized spacial score (nSPS) is 25.9. The van der Waals surface area contributed by atoms with Gasteiger partial charge in [0, 0.05) is 22.8 Å². The number of hydrogen-bond acceptors (Lipinski definition) is 4. The van der Waals surface area contributed by atoms with Crippen molar-refractivity contribution < 1.29 is 4.79 Å². The van der Waals surface area contributed by atoms with Gasteiger partial charge in [0.15, 0.2) is 0 Å². The van der Waals surface area contributed by atoms with Crippen LogP contribution in [-0.2, 0) is 5.54 Å². The molecule has 1 saturated carbocycles. The standard InChI is InChI=1S/C25H28N4OS/c1-28(2)25(20-6-4-3-5-7-20)14-12-24(13-15-25)18-29(23(30)27-24)22-9-8-21(31-22)19-10-16-26-17-11-19/h3-11,16-17H,12-15,18H2,1-2H3,(H,27,30)/t24-,25+. The third kappa shape index (κ3) is 3.54. The van der Waals surface area contributed by atoms with Gasteiger partial charge in [0.1, 0.15) is 0 Å². The SMILES string of the molecule is CN(C)[C@]1(c2ccccc2)CC[C@]2(CC1)CN(c1ccc(-c3ccncc3)s1)C(=O)N2. The van der Waals surface area contributed by atoms with Crippen molar-refractivity contribution in [1.29, 1.82) is 0 Å². The maximum Gasteiger partial charge on any atom is 0.323 e. The van der Waals surface area contributed by atoms with Crippen molar-refractivity contribution in [2.45, 2.75) is 36.8 Å². The van der Waals surface area contributed by atoms with E-state index in [-0.39, 0.29) is 17.1 Å². The summed E-state index contributed by atoms with van der Waals surface area (Å²) in [6.45, 7) is 0.737. The molecule has 5 nitrogen and oxygen atoms in total. The molecule has 1 N–H and O–H groups in total. The number of carbonyl (C=O) groups is 1. The number of amides is 2. The number of carbonyl (C=O) groups excluding carboxylic acids is 1. The fraction of sp³-hybridized carbons (Fsp3) is 0.360. The van der Waals surface area contributed by atoms with Crippen molar-refractivity contribution >= 4 is 22.4 Å². The molecule has 31 heavy (non-hydrogen) atoms. The maximum absolute atomic E-state index is 13.0. The predicted octanol–water partition coefficient (Wildman–Crippen LogP) is 5.11. The molecule has 2 aromatic heterocycles. The molecule has 5 rings (SSSR count). The second kappa shape index (κ2) is 7.77. The Kier molecular flexibility index (Phi) is 5.07. The maximum atomic E-state index is 13.0. The van der Waals surface area contributed by atoms with Gasteiger partial charge < -0.3 is 5.32 Å². The molecule has 2 aliphatic rings. The van der Waals surface area contributed by atoms with Crippen molar-refractivity contribution in [3.05, 3.63) is 72.6 Å². The number of thiophene rings is 1. The minimum atomic E-state index is -0.147. The molecule has 3 aromatic rings. The van der Waals surface area contributed by atoms with E-state index in [1.165, 1.54) is 5.56 Å². The third-order valence-corrected chi connectivity index (χ3v) is 8.26. The highest BCUT2D eigenvalue weighted by atomic mass is 32.1. The molecule has 0 unspecified atom stereocenters. The van der Waals surface area contributed by atoms with Crippen molar-refractivity contribution in [2.75, 3.05) is 25.5 Å². The van der Waals surface area contributed by atoms with Gasteiger partial charge >= 0.3 is 6.03 Å². The van der Waals surface area contributed by atoms with Crippen LogP contribution >= 0.6 is 11.3 Å². The third-order valence-electron chi connectivity index (χ3n) is 7.10. The molecular formula is C25H28N4OS. The minimum absolute atomic E-state index is 0.0280. The Labute approximate surface area is 187 Å². The Balaban J connectivity index is 1.34. The first-order chi connectivity index (χ1) is 15.0. The molecule has 3 heterocycles. The van der Waals surface area contributed by atoms with E-state index in [2.05, 4.69) is 71.8 Å². The Morgan fingerprint density at radius 3 is 2.35 bits per heavy atom. The molecule has 1 spiro atoms. The molecule has 0 bridgehead atoms. The second-order valence-electron chi connectivity index (χ2n) is 8.96. The van der Waals surface area contributed by atoms with Crippen LogP contribution in [0.25, 0.3) is 10.4 Å². The van der Waals surface area contributed by atoms with Gasteiger partial charge in [-0.2, -0.15) is 0 Å². The summed E-state index contributed by atoms with van der Waals surface area (Å²) >= 11 is 1.66. The average molecular weight is 433 g/mol. The van der Waals surface area contributed by atoms with Crippen LogP contribution in [0.1, 0.15) is 31.2 Å². The van der Waals surface area contributed by atoms with E-state index in [4.69, 9.17) is 0 Å². The smallest absolute Gasteiger partial charge is 0.323 e.